The maximum absolute atomic E-state index is 13.8. The molecule has 0 spiro atoms. The zero-order valence-corrected chi connectivity index (χ0v) is 24.7. The molecule has 2 fully saturated rings. The molecule has 2 aliphatic rings. The summed E-state index contributed by atoms with van der Waals surface area (Å²) in [5, 5.41) is 0. The van der Waals surface area contributed by atoms with Gasteiger partial charge in [-0.2, -0.15) is 39.5 Å². The Hall–Kier alpha value is -1.94. The fourth-order valence-corrected chi connectivity index (χ4v) is 6.60. The first-order valence-electron chi connectivity index (χ1n) is 15.6. The van der Waals surface area contributed by atoms with E-state index in [4.69, 9.17) is 4.74 Å². The second-order valence-corrected chi connectivity index (χ2v) is 12.5. The van der Waals surface area contributed by atoms with Crippen molar-refractivity contribution < 1.29 is 49.0 Å². The number of unbranched alkanes of at least 4 members (excludes halogenated alkanes) is 4. The summed E-state index contributed by atoms with van der Waals surface area (Å²) < 4.78 is 123. The Labute approximate surface area is 248 Å². The number of hydrogen-bond donors (Lipinski definition) is 0. The average Bonchev–Trinajstić information content (AvgIpc) is 2.96. The molecule has 246 valence electrons. The lowest BCUT2D eigenvalue weighted by Crippen LogP contribution is -2.60. The summed E-state index contributed by atoms with van der Waals surface area (Å²) in [5.74, 6) is -17.6. The van der Waals surface area contributed by atoms with E-state index in [1.54, 1.807) is 0 Å². The lowest BCUT2D eigenvalue weighted by Gasteiger charge is -2.37. The highest BCUT2D eigenvalue weighted by atomic mass is 19.4. The number of rotatable bonds is 14. The van der Waals surface area contributed by atoms with Crippen molar-refractivity contribution >= 4 is 5.97 Å². The number of hydrogen-bond acceptors (Lipinski definition) is 2. The minimum Gasteiger partial charge on any atom is -0.426 e. The largest absolute Gasteiger partial charge is 0.460 e. The van der Waals surface area contributed by atoms with Crippen LogP contribution >= 0.6 is 0 Å². The second-order valence-electron chi connectivity index (χ2n) is 12.5. The monoisotopic (exact) mass is 630 g/mol. The topological polar surface area (TPSA) is 26.3 Å². The summed E-state index contributed by atoms with van der Waals surface area (Å²) in [5.41, 5.74) is -0.0164. The van der Waals surface area contributed by atoms with Gasteiger partial charge in [-0.15, -0.1) is 0 Å². The van der Waals surface area contributed by atoms with Crippen LogP contribution in [0.25, 0.3) is 0 Å². The fourth-order valence-electron chi connectivity index (χ4n) is 6.60. The molecule has 0 amide bonds. The van der Waals surface area contributed by atoms with E-state index in [0.717, 1.165) is 18.8 Å². The molecule has 1 aromatic rings. The molecule has 0 aromatic heterocycles. The molecular formula is C32H43F9O2. The lowest BCUT2D eigenvalue weighted by molar-refractivity contribution is -0.396. The average molecular weight is 631 g/mol. The quantitative estimate of drug-likeness (QED) is 0.0885. The zero-order chi connectivity index (χ0) is 31.9. The Morgan fingerprint density at radius 3 is 1.79 bits per heavy atom. The number of halogens is 9. The summed E-state index contributed by atoms with van der Waals surface area (Å²) in [4.78, 5) is 12.7. The first kappa shape index (κ1) is 35.5. The Kier molecular flexibility index (Phi) is 12.3. The molecule has 0 bridgehead atoms. The Balaban J connectivity index is 1.40. The zero-order valence-electron chi connectivity index (χ0n) is 24.7. The summed E-state index contributed by atoms with van der Waals surface area (Å²) in [6, 6.07) is 4.86. The van der Waals surface area contributed by atoms with Crippen LogP contribution in [-0.2, 0) is 11.2 Å². The minimum atomic E-state index is -6.90. The lowest BCUT2D eigenvalue weighted by atomic mass is 9.68. The van der Waals surface area contributed by atoms with E-state index in [0.29, 0.717) is 24.7 Å². The number of ether oxygens (including phenoxy) is 1. The van der Waals surface area contributed by atoms with Crippen LogP contribution in [0.5, 0.6) is 5.75 Å². The number of aryl methyl sites for hydroxylation is 1. The molecule has 0 atom stereocenters. The molecule has 1 aromatic carbocycles. The van der Waals surface area contributed by atoms with Crippen molar-refractivity contribution in [3.8, 4) is 5.75 Å². The highest BCUT2D eigenvalue weighted by molar-refractivity contribution is 5.75. The molecule has 0 saturated heterocycles. The van der Waals surface area contributed by atoms with Crippen LogP contribution in [0.3, 0.4) is 0 Å². The van der Waals surface area contributed by atoms with Gasteiger partial charge in [0.25, 0.3) is 0 Å². The Bertz CT molecular complexity index is 991. The Morgan fingerprint density at radius 1 is 0.721 bits per heavy atom. The standard InChI is InChI=1S/C32H43F9O2/c1-2-3-4-5-6-7-22-8-12-24(13-9-22)25-14-16-26(17-15-25)28(42)43-27-18-10-23(11-19-27)20-21-29(33,34)30(35,36)31(37,38)32(39,40)41/h10-11,18-19,22,24-26H,2-9,12-17,20-21H2,1H3. The van der Waals surface area contributed by atoms with Crippen molar-refractivity contribution in [1.29, 1.82) is 0 Å². The third-order valence-electron chi connectivity index (χ3n) is 9.46. The van der Waals surface area contributed by atoms with E-state index in [-0.39, 0.29) is 17.2 Å². The van der Waals surface area contributed by atoms with Gasteiger partial charge < -0.3 is 4.74 Å². The molecule has 0 N–H and O–H groups in total. The number of alkyl halides is 9. The summed E-state index contributed by atoms with van der Waals surface area (Å²) in [6.07, 6.45) is 6.64. The summed E-state index contributed by atoms with van der Waals surface area (Å²) in [7, 11) is 0. The molecule has 2 saturated carbocycles. The van der Waals surface area contributed by atoms with Crippen molar-refractivity contribution in [2.45, 2.75) is 134 Å². The third kappa shape index (κ3) is 9.05. The predicted octanol–water partition coefficient (Wildman–Crippen LogP) is 11.0. The molecule has 2 aliphatic carbocycles. The first-order chi connectivity index (χ1) is 20.1. The van der Waals surface area contributed by atoms with Gasteiger partial charge in [0, 0.05) is 6.42 Å². The predicted molar refractivity (Wildman–Crippen MR) is 146 cm³/mol. The maximum atomic E-state index is 13.8. The number of carbonyl (C=O) groups is 1. The van der Waals surface area contributed by atoms with Crippen molar-refractivity contribution in [2.75, 3.05) is 0 Å². The van der Waals surface area contributed by atoms with Gasteiger partial charge in [0.1, 0.15) is 5.75 Å². The van der Waals surface area contributed by atoms with Gasteiger partial charge in [-0.3, -0.25) is 4.79 Å². The van der Waals surface area contributed by atoms with Crippen molar-refractivity contribution in [3.05, 3.63) is 29.8 Å². The number of esters is 1. The molecule has 0 unspecified atom stereocenters. The summed E-state index contributed by atoms with van der Waals surface area (Å²) >= 11 is 0. The van der Waals surface area contributed by atoms with Gasteiger partial charge in [-0.05, 0) is 80.4 Å². The third-order valence-corrected chi connectivity index (χ3v) is 9.46. The van der Waals surface area contributed by atoms with Crippen LogP contribution in [0.15, 0.2) is 24.3 Å². The van der Waals surface area contributed by atoms with Crippen LogP contribution in [0.2, 0.25) is 0 Å². The van der Waals surface area contributed by atoms with Crippen LogP contribution in [-0.4, -0.2) is 29.9 Å². The van der Waals surface area contributed by atoms with E-state index in [1.165, 1.54) is 88.5 Å². The summed E-state index contributed by atoms with van der Waals surface area (Å²) in [6.45, 7) is 2.22. The van der Waals surface area contributed by atoms with Gasteiger partial charge >= 0.3 is 29.9 Å². The number of benzene rings is 1. The smallest absolute Gasteiger partial charge is 0.426 e. The highest BCUT2D eigenvalue weighted by Gasteiger charge is 2.81. The minimum absolute atomic E-state index is 0.0164. The molecule has 11 heteroatoms. The Morgan fingerprint density at radius 2 is 1.26 bits per heavy atom. The van der Waals surface area contributed by atoms with Gasteiger partial charge in [0.05, 0.1) is 5.92 Å². The van der Waals surface area contributed by atoms with Gasteiger partial charge in [-0.25, -0.2) is 0 Å². The molecule has 2 nitrogen and oxygen atoms in total. The fraction of sp³-hybridized carbons (Fsp3) is 0.781. The number of carbonyl (C=O) groups excluding carboxylic acids is 1. The van der Waals surface area contributed by atoms with E-state index >= 15 is 0 Å². The first-order valence-corrected chi connectivity index (χ1v) is 15.6. The molecule has 0 radical (unpaired) electrons. The van der Waals surface area contributed by atoms with Gasteiger partial charge in [0.15, 0.2) is 0 Å². The van der Waals surface area contributed by atoms with E-state index < -0.39 is 42.8 Å². The van der Waals surface area contributed by atoms with Crippen LogP contribution < -0.4 is 4.74 Å². The van der Waals surface area contributed by atoms with Crippen molar-refractivity contribution in [2.24, 2.45) is 23.7 Å². The van der Waals surface area contributed by atoms with Crippen molar-refractivity contribution in [1.82, 2.24) is 0 Å². The second kappa shape index (κ2) is 14.9. The van der Waals surface area contributed by atoms with Crippen molar-refractivity contribution in [3.63, 3.8) is 0 Å². The molecular weight excluding hydrogens is 587 g/mol. The van der Waals surface area contributed by atoms with Gasteiger partial charge in [-0.1, -0.05) is 70.4 Å². The van der Waals surface area contributed by atoms with Crippen LogP contribution in [0, 0.1) is 23.7 Å². The maximum Gasteiger partial charge on any atom is 0.460 e. The van der Waals surface area contributed by atoms with Crippen LogP contribution in [0.1, 0.15) is 109 Å². The molecule has 3 rings (SSSR count). The van der Waals surface area contributed by atoms with Gasteiger partial charge in [0.2, 0.25) is 0 Å². The van der Waals surface area contributed by atoms with Crippen LogP contribution in [0.4, 0.5) is 39.5 Å². The molecule has 0 heterocycles. The molecule has 0 aliphatic heterocycles. The normalized spacial score (nSPS) is 24.1. The van der Waals surface area contributed by atoms with E-state index in [1.807, 2.05) is 0 Å². The van der Waals surface area contributed by atoms with E-state index in [9.17, 15) is 44.3 Å². The van der Waals surface area contributed by atoms with E-state index in [2.05, 4.69) is 6.92 Å². The molecule has 43 heavy (non-hydrogen) atoms. The highest BCUT2D eigenvalue weighted by Crippen LogP contribution is 2.54. The SMILES string of the molecule is CCCCCCCC1CCC(C2CCC(C(=O)Oc3ccc(CCC(F)(F)C(F)(F)C(F)(F)C(F)(F)F)cc3)CC2)CC1.